The third-order valence-corrected chi connectivity index (χ3v) is 3.87. The Balaban J connectivity index is 1.81. The van der Waals surface area contributed by atoms with Crippen molar-refractivity contribution in [2.45, 2.75) is 45.4 Å². The van der Waals surface area contributed by atoms with Crippen LogP contribution in [0.5, 0.6) is 0 Å². The van der Waals surface area contributed by atoms with Crippen molar-refractivity contribution >= 4 is 0 Å². The van der Waals surface area contributed by atoms with Crippen LogP contribution in [0.2, 0.25) is 0 Å². The Labute approximate surface area is 75.7 Å². The van der Waals surface area contributed by atoms with Gasteiger partial charge < -0.3 is 5.73 Å². The predicted octanol–water partition coefficient (Wildman–Crippen LogP) is 2.55. The monoisotopic (exact) mass is 167 g/mol. The normalized spacial score (nSPS) is 41.0. The molecule has 1 heteroatoms. The molecule has 0 aliphatic heterocycles. The lowest BCUT2D eigenvalue weighted by Gasteiger charge is -2.47. The molecule has 0 aromatic carbocycles. The van der Waals surface area contributed by atoms with Gasteiger partial charge in [0.25, 0.3) is 0 Å². The molecule has 2 saturated carbocycles. The van der Waals surface area contributed by atoms with Crippen molar-refractivity contribution < 1.29 is 0 Å². The van der Waals surface area contributed by atoms with Gasteiger partial charge in [0.2, 0.25) is 0 Å². The molecule has 0 saturated heterocycles. The van der Waals surface area contributed by atoms with Gasteiger partial charge in [-0.05, 0) is 43.1 Å². The zero-order valence-corrected chi connectivity index (χ0v) is 8.18. The van der Waals surface area contributed by atoms with Crippen molar-refractivity contribution in [3.63, 3.8) is 0 Å². The molecular weight excluding hydrogens is 146 g/mol. The third kappa shape index (κ3) is 1.52. The summed E-state index contributed by atoms with van der Waals surface area (Å²) in [6, 6.07) is 0. The van der Waals surface area contributed by atoms with Crippen molar-refractivity contribution in [3.8, 4) is 0 Å². The molecule has 2 aliphatic rings. The SMILES string of the molecule is CC[C@H]1C[C@](CN)(CC2CC2)C1. The number of rotatable bonds is 4. The summed E-state index contributed by atoms with van der Waals surface area (Å²) in [5.41, 5.74) is 6.46. The van der Waals surface area contributed by atoms with Crippen molar-refractivity contribution in [1.82, 2.24) is 0 Å². The van der Waals surface area contributed by atoms with Crippen LogP contribution in [0.3, 0.4) is 0 Å². The summed E-state index contributed by atoms with van der Waals surface area (Å²) in [5.74, 6) is 2.07. The van der Waals surface area contributed by atoms with Crippen molar-refractivity contribution in [3.05, 3.63) is 0 Å². The highest BCUT2D eigenvalue weighted by Crippen LogP contribution is 2.53. The van der Waals surface area contributed by atoms with Gasteiger partial charge in [-0.3, -0.25) is 0 Å². The zero-order valence-electron chi connectivity index (χ0n) is 8.18. The maximum Gasteiger partial charge on any atom is -0.00202 e. The van der Waals surface area contributed by atoms with E-state index in [1.807, 2.05) is 0 Å². The van der Waals surface area contributed by atoms with Gasteiger partial charge in [0, 0.05) is 0 Å². The van der Waals surface area contributed by atoms with E-state index in [-0.39, 0.29) is 0 Å². The van der Waals surface area contributed by atoms with Gasteiger partial charge in [0.05, 0.1) is 0 Å². The molecule has 1 nitrogen and oxygen atoms in total. The summed E-state index contributed by atoms with van der Waals surface area (Å²) in [4.78, 5) is 0. The zero-order chi connectivity index (χ0) is 8.60. The Kier molecular flexibility index (Phi) is 2.16. The van der Waals surface area contributed by atoms with Gasteiger partial charge in [0.1, 0.15) is 0 Å². The summed E-state index contributed by atoms with van der Waals surface area (Å²) < 4.78 is 0. The first-order valence-electron chi connectivity index (χ1n) is 5.48. The molecule has 2 fully saturated rings. The van der Waals surface area contributed by atoms with E-state index in [9.17, 15) is 0 Å². The molecule has 0 atom stereocenters. The smallest absolute Gasteiger partial charge is 0.00202 e. The molecular formula is C11H21N. The fraction of sp³-hybridized carbons (Fsp3) is 1.00. The van der Waals surface area contributed by atoms with E-state index >= 15 is 0 Å². The molecule has 0 bridgehead atoms. The summed E-state index contributed by atoms with van der Waals surface area (Å²) in [6.07, 6.45) is 8.64. The molecule has 0 unspecified atom stereocenters. The number of hydrogen-bond donors (Lipinski definition) is 1. The third-order valence-electron chi connectivity index (χ3n) is 3.87. The van der Waals surface area contributed by atoms with E-state index in [1.165, 1.54) is 38.5 Å². The first-order chi connectivity index (χ1) is 5.78. The maximum absolute atomic E-state index is 5.86. The Morgan fingerprint density at radius 2 is 1.92 bits per heavy atom. The van der Waals surface area contributed by atoms with E-state index < -0.39 is 0 Å². The molecule has 0 radical (unpaired) electrons. The lowest BCUT2D eigenvalue weighted by Crippen LogP contribution is -2.43. The van der Waals surface area contributed by atoms with Crippen LogP contribution in [0.4, 0.5) is 0 Å². The lowest BCUT2D eigenvalue weighted by molar-refractivity contribution is 0.0457. The van der Waals surface area contributed by atoms with Crippen LogP contribution >= 0.6 is 0 Å². The molecule has 2 N–H and O–H groups in total. The minimum Gasteiger partial charge on any atom is -0.330 e. The van der Waals surface area contributed by atoms with Crippen LogP contribution in [-0.4, -0.2) is 6.54 Å². The topological polar surface area (TPSA) is 26.0 Å². The molecule has 2 aliphatic carbocycles. The Morgan fingerprint density at radius 3 is 2.33 bits per heavy atom. The molecule has 0 spiro atoms. The van der Waals surface area contributed by atoms with Crippen molar-refractivity contribution in [2.24, 2.45) is 23.0 Å². The fourth-order valence-electron chi connectivity index (χ4n) is 2.80. The molecule has 70 valence electrons. The van der Waals surface area contributed by atoms with Gasteiger partial charge in [-0.25, -0.2) is 0 Å². The molecule has 0 aromatic rings. The minimum absolute atomic E-state index is 0.599. The molecule has 0 heterocycles. The largest absolute Gasteiger partial charge is 0.330 e. The van der Waals surface area contributed by atoms with Crippen LogP contribution in [0.15, 0.2) is 0 Å². The first kappa shape index (κ1) is 8.55. The van der Waals surface area contributed by atoms with Crippen LogP contribution in [0, 0.1) is 17.3 Å². The average molecular weight is 167 g/mol. The summed E-state index contributed by atoms with van der Waals surface area (Å²) >= 11 is 0. The Bertz CT molecular complexity index is 154. The highest BCUT2D eigenvalue weighted by atomic mass is 14.6. The van der Waals surface area contributed by atoms with Gasteiger partial charge in [-0.15, -0.1) is 0 Å². The second-order valence-electron chi connectivity index (χ2n) is 5.03. The molecule has 0 aromatic heterocycles. The fourth-order valence-corrected chi connectivity index (χ4v) is 2.80. The summed E-state index contributed by atoms with van der Waals surface area (Å²) in [6.45, 7) is 3.25. The predicted molar refractivity (Wildman–Crippen MR) is 51.8 cm³/mol. The molecule has 12 heavy (non-hydrogen) atoms. The minimum atomic E-state index is 0.599. The van der Waals surface area contributed by atoms with Crippen LogP contribution in [-0.2, 0) is 0 Å². The van der Waals surface area contributed by atoms with Crippen LogP contribution in [0.25, 0.3) is 0 Å². The van der Waals surface area contributed by atoms with Gasteiger partial charge in [-0.1, -0.05) is 26.2 Å². The second kappa shape index (κ2) is 3.02. The van der Waals surface area contributed by atoms with E-state index in [0.717, 1.165) is 18.4 Å². The van der Waals surface area contributed by atoms with E-state index in [4.69, 9.17) is 5.73 Å². The van der Waals surface area contributed by atoms with Crippen LogP contribution in [0.1, 0.15) is 45.4 Å². The first-order valence-corrected chi connectivity index (χ1v) is 5.48. The maximum atomic E-state index is 5.86. The number of hydrogen-bond acceptors (Lipinski definition) is 1. The second-order valence-corrected chi connectivity index (χ2v) is 5.03. The number of nitrogens with two attached hydrogens (primary N) is 1. The van der Waals surface area contributed by atoms with Crippen LogP contribution < -0.4 is 5.73 Å². The highest BCUT2D eigenvalue weighted by molar-refractivity contribution is 4.97. The Hall–Kier alpha value is -0.0400. The summed E-state index contributed by atoms with van der Waals surface area (Å²) in [5, 5.41) is 0. The lowest BCUT2D eigenvalue weighted by atomic mass is 9.59. The van der Waals surface area contributed by atoms with Gasteiger partial charge >= 0.3 is 0 Å². The quantitative estimate of drug-likeness (QED) is 0.684. The molecule has 0 amide bonds. The van der Waals surface area contributed by atoms with Gasteiger partial charge in [-0.2, -0.15) is 0 Å². The van der Waals surface area contributed by atoms with Crippen molar-refractivity contribution in [2.75, 3.05) is 6.54 Å². The van der Waals surface area contributed by atoms with E-state index in [1.54, 1.807) is 0 Å². The van der Waals surface area contributed by atoms with Gasteiger partial charge in [0.15, 0.2) is 0 Å². The van der Waals surface area contributed by atoms with Crippen molar-refractivity contribution in [1.29, 1.82) is 0 Å². The highest BCUT2D eigenvalue weighted by Gasteiger charge is 2.44. The average Bonchev–Trinajstić information content (AvgIpc) is 2.79. The summed E-state index contributed by atoms with van der Waals surface area (Å²) in [7, 11) is 0. The standard InChI is InChI=1S/C11H21N/c1-2-9-5-11(6-9,8-12)7-10-3-4-10/h9-10H,2-8,12H2,1H3/t9-,11+. The van der Waals surface area contributed by atoms with E-state index in [0.29, 0.717) is 5.41 Å². The molecule has 2 rings (SSSR count). The Morgan fingerprint density at radius 1 is 1.25 bits per heavy atom. The van der Waals surface area contributed by atoms with E-state index in [2.05, 4.69) is 6.92 Å².